The van der Waals surface area contributed by atoms with Crippen molar-refractivity contribution in [3.05, 3.63) is 296 Å². The van der Waals surface area contributed by atoms with Gasteiger partial charge in [-0.1, -0.05) is 239 Å². The van der Waals surface area contributed by atoms with Crippen LogP contribution >= 0.6 is 0 Å². The van der Waals surface area contributed by atoms with Crippen molar-refractivity contribution in [3.8, 4) is 44.8 Å². The minimum absolute atomic E-state index is 0.0981. The molecule has 0 unspecified atom stereocenters. The van der Waals surface area contributed by atoms with Crippen LogP contribution in [0, 0.1) is 0 Å². The van der Waals surface area contributed by atoms with E-state index in [9.17, 15) is 16.4 Å². The normalized spacial score (nSPS) is 16.2. The molecule has 0 bridgehead atoms. The number of anilines is 6. The molecule has 16 aromatic rings. The highest BCUT2D eigenvalue weighted by molar-refractivity contribution is 7.00. The average molecular weight is 1150 g/mol. The van der Waals surface area contributed by atoms with E-state index in [1.54, 1.807) is 24.3 Å². The van der Waals surface area contributed by atoms with Gasteiger partial charge in [0.25, 0.3) is 6.71 Å². The molecule has 2 aliphatic rings. The van der Waals surface area contributed by atoms with Crippen molar-refractivity contribution in [1.29, 1.82) is 0 Å². The standard InChI is InChI=1S/C82H57BN4O/c1-82(2,3)66-35-21-33-63-64-34-22-40-75(81(64)88-80(63)66)87-76-49-57(84-69-36-17-13-29-59(69)60-30-14-18-37-70(60)84)43-44-67(76)83-68-48-56(53-25-9-5-10-26-53)42-46-74(68)86(73-45-41-55(52-23-7-4-8-24-52)47-65(73)54-27-11-6-12-28-54)77-50-58(51-78(87)79(77)83)85-71-38-19-15-31-61(71)62-32-16-20-39-72(62)85/h4-51H,1-3H3/i5D,9D,10D,13D,14D,15D,16D,17D,18D,19D,20D,25D,26D,29D,30D,31D,32D,36D,37D,38D,39D. The molecule has 0 fully saturated rings. The first-order chi connectivity index (χ1) is 52.0. The number of hydrogen-bond donors (Lipinski definition) is 0. The van der Waals surface area contributed by atoms with Gasteiger partial charge in [-0.05, 0) is 122 Å². The van der Waals surface area contributed by atoms with Crippen LogP contribution in [-0.4, -0.2) is 15.8 Å². The van der Waals surface area contributed by atoms with Crippen LogP contribution in [0.5, 0.6) is 0 Å². The summed E-state index contributed by atoms with van der Waals surface area (Å²) in [5, 5.41) is 0.738. The molecule has 0 N–H and O–H groups in total. The molecule has 6 heteroatoms. The summed E-state index contributed by atoms with van der Waals surface area (Å²) in [6.45, 7) is 5.22. The third kappa shape index (κ3) is 7.48. The predicted octanol–water partition coefficient (Wildman–Crippen LogP) is 20.2. The lowest BCUT2D eigenvalue weighted by Crippen LogP contribution is -2.61. The largest absolute Gasteiger partial charge is 0.454 e. The summed E-state index contributed by atoms with van der Waals surface area (Å²) in [4.78, 5) is 3.98. The fourth-order valence-corrected chi connectivity index (χ4v) is 13.6. The van der Waals surface area contributed by atoms with E-state index in [-0.39, 0.29) is 66.1 Å². The van der Waals surface area contributed by atoms with Gasteiger partial charge < -0.3 is 23.4 Å². The Balaban J connectivity index is 1.07. The molecule has 5 nitrogen and oxygen atoms in total. The molecule has 2 aliphatic heterocycles. The number of aromatic nitrogens is 2. The van der Waals surface area contributed by atoms with E-state index in [1.165, 1.54) is 9.13 Å². The fraction of sp³-hybridized carbons (Fsp3) is 0.0488. The molecule has 414 valence electrons. The highest BCUT2D eigenvalue weighted by atomic mass is 16.3. The van der Waals surface area contributed by atoms with Crippen LogP contribution in [0.2, 0.25) is 0 Å². The maximum Gasteiger partial charge on any atom is 0.252 e. The van der Waals surface area contributed by atoms with E-state index in [4.69, 9.17) is 16.8 Å². The Morgan fingerprint density at radius 1 is 0.341 bits per heavy atom. The summed E-state index contributed by atoms with van der Waals surface area (Å²) in [6.07, 6.45) is 0. The zero-order valence-corrected chi connectivity index (χ0v) is 47.4. The third-order valence-electron chi connectivity index (χ3n) is 17.4. The predicted molar refractivity (Wildman–Crippen MR) is 371 cm³/mol. The summed E-state index contributed by atoms with van der Waals surface area (Å²) in [5.74, 6) is 0. The summed E-state index contributed by atoms with van der Waals surface area (Å²) in [6, 6.07) is 39.1. The minimum Gasteiger partial charge on any atom is -0.454 e. The highest BCUT2D eigenvalue weighted by Gasteiger charge is 2.45. The van der Waals surface area contributed by atoms with Gasteiger partial charge in [0.2, 0.25) is 0 Å². The van der Waals surface area contributed by atoms with E-state index >= 15 is 0 Å². The first-order valence-electron chi connectivity index (χ1n) is 39.4. The first-order valence-corrected chi connectivity index (χ1v) is 28.9. The molecule has 3 aromatic heterocycles. The number of benzene rings is 13. The van der Waals surface area contributed by atoms with Crippen LogP contribution < -0.4 is 26.2 Å². The van der Waals surface area contributed by atoms with Crippen LogP contribution in [0.1, 0.15) is 55.1 Å². The second kappa shape index (κ2) is 19.2. The molecule has 0 amide bonds. The van der Waals surface area contributed by atoms with E-state index in [2.05, 4.69) is 26.8 Å². The lowest BCUT2D eigenvalue weighted by molar-refractivity contribution is 0.573. The van der Waals surface area contributed by atoms with Gasteiger partial charge in [0.15, 0.2) is 5.58 Å². The van der Waals surface area contributed by atoms with Gasteiger partial charge in [0, 0.05) is 71.9 Å². The second-order valence-corrected chi connectivity index (χ2v) is 23.2. The monoisotopic (exact) mass is 1150 g/mol. The Bertz CT molecular complexity index is 6650. The van der Waals surface area contributed by atoms with Crippen LogP contribution in [0.15, 0.2) is 295 Å². The third-order valence-corrected chi connectivity index (χ3v) is 17.4. The minimum atomic E-state index is -1.01. The molecule has 0 spiro atoms. The number of para-hydroxylation sites is 6. The number of furan rings is 1. The van der Waals surface area contributed by atoms with Gasteiger partial charge in [-0.25, -0.2) is 0 Å². The lowest BCUT2D eigenvalue weighted by atomic mass is 9.33. The Hall–Kier alpha value is -11.1. The fourth-order valence-electron chi connectivity index (χ4n) is 13.6. The van der Waals surface area contributed by atoms with E-state index < -0.39 is 139 Å². The Labute approximate surface area is 540 Å². The Kier molecular flexibility index (Phi) is 7.33. The number of hydrogen-bond acceptors (Lipinski definition) is 3. The van der Waals surface area contributed by atoms with Crippen LogP contribution in [0.4, 0.5) is 34.1 Å². The topological polar surface area (TPSA) is 29.5 Å². The molecule has 88 heavy (non-hydrogen) atoms. The average Bonchev–Trinajstić information content (AvgIpc) is 1.67. The smallest absolute Gasteiger partial charge is 0.252 e. The van der Waals surface area contributed by atoms with Crippen molar-refractivity contribution < 1.29 is 33.2 Å². The van der Waals surface area contributed by atoms with Gasteiger partial charge in [0.1, 0.15) is 5.58 Å². The zero-order valence-electron chi connectivity index (χ0n) is 68.4. The van der Waals surface area contributed by atoms with Crippen LogP contribution in [-0.2, 0) is 5.41 Å². The SMILES string of the molecule is [2H]c1c([2H])c([2H])c(-c2ccc3c(c2)B2c4ccc(-n5c6c([2H])c([2H])c([2H])c([2H])c6c6c([2H])c([2H])c([2H])c([2H])c65)cc4N(c4cccc5c4oc4c(C(C)(C)C)cccc45)c4cc(-n5c6c([2H])c([2H])c([2H])c([2H])c6c6c([2H])c([2H])c([2H])c([2H])c65)cc(c42)N3c2ccc(-c3ccccc3)cc2-c2ccccc2)c([2H])c1[2H]. The Morgan fingerprint density at radius 3 is 1.47 bits per heavy atom. The lowest BCUT2D eigenvalue weighted by Gasteiger charge is -2.45. The van der Waals surface area contributed by atoms with Gasteiger partial charge in [0.05, 0.1) is 67.9 Å². The van der Waals surface area contributed by atoms with Gasteiger partial charge in [-0.2, -0.15) is 0 Å². The van der Waals surface area contributed by atoms with E-state index in [0.29, 0.717) is 72.6 Å². The maximum atomic E-state index is 9.94. The molecule has 0 radical (unpaired) electrons. The van der Waals surface area contributed by atoms with Gasteiger partial charge in [-0.15, -0.1) is 0 Å². The summed E-state index contributed by atoms with van der Waals surface area (Å²) < 4.78 is 207. The molecule has 0 saturated carbocycles. The van der Waals surface area contributed by atoms with Crippen molar-refractivity contribution in [2.75, 3.05) is 9.80 Å². The molecule has 0 atom stereocenters. The highest BCUT2D eigenvalue weighted by Crippen LogP contribution is 2.52. The van der Waals surface area contributed by atoms with Gasteiger partial charge >= 0.3 is 0 Å². The van der Waals surface area contributed by atoms with Crippen molar-refractivity contribution in [3.63, 3.8) is 0 Å². The molecule has 13 aromatic carbocycles. The van der Waals surface area contributed by atoms with Crippen molar-refractivity contribution in [1.82, 2.24) is 9.13 Å². The first kappa shape index (κ1) is 33.6. The van der Waals surface area contributed by atoms with E-state index in [1.807, 2.05) is 143 Å². The molecule has 0 saturated heterocycles. The number of nitrogens with zero attached hydrogens (tertiary/aromatic N) is 4. The molecular weight excluding hydrogens is 1070 g/mol. The molecule has 18 rings (SSSR count). The van der Waals surface area contributed by atoms with Crippen LogP contribution in [0.25, 0.3) is 110 Å². The van der Waals surface area contributed by atoms with Crippen molar-refractivity contribution in [2.24, 2.45) is 0 Å². The maximum absolute atomic E-state index is 9.94. The van der Waals surface area contributed by atoms with Gasteiger partial charge in [-0.3, -0.25) is 0 Å². The zero-order chi connectivity index (χ0) is 76.6. The Morgan fingerprint density at radius 2 is 0.852 bits per heavy atom. The molecule has 5 heterocycles. The quantitative estimate of drug-likeness (QED) is 0.149. The number of rotatable bonds is 7. The summed E-state index contributed by atoms with van der Waals surface area (Å²) in [5.41, 5.74) is 8.41. The second-order valence-electron chi connectivity index (χ2n) is 23.2. The van der Waals surface area contributed by atoms with E-state index in [0.717, 1.165) is 27.6 Å². The van der Waals surface area contributed by atoms with Crippen molar-refractivity contribution >= 4 is 123 Å². The summed E-state index contributed by atoms with van der Waals surface area (Å²) >= 11 is 0. The molecular formula is C82H57BN4O. The summed E-state index contributed by atoms with van der Waals surface area (Å²) in [7, 11) is 0. The number of fused-ring (bicyclic) bond motifs is 13. The van der Waals surface area contributed by atoms with Crippen LogP contribution in [0.3, 0.4) is 0 Å². The molecule has 0 aliphatic carbocycles. The van der Waals surface area contributed by atoms with Crippen molar-refractivity contribution in [2.45, 2.75) is 26.2 Å².